The van der Waals surface area contributed by atoms with Gasteiger partial charge < -0.3 is 15.2 Å². The highest BCUT2D eigenvalue weighted by atomic mass is 35.5. The molecule has 2 aromatic carbocycles. The zero-order valence-corrected chi connectivity index (χ0v) is 19.1. The maximum Gasteiger partial charge on any atom is 0.410 e. The number of aliphatic hydroxyl groups is 1. The molecule has 11 heteroatoms. The Hall–Kier alpha value is -2.69. The number of hydrogen-bond donors (Lipinski definition) is 2. The molecule has 0 aliphatic carbocycles. The maximum atomic E-state index is 14.9. The summed E-state index contributed by atoms with van der Waals surface area (Å²) in [5, 5.41) is 13.4. The number of nitrogens with zero attached hydrogens (tertiary/aromatic N) is 1. The highest BCUT2D eigenvalue weighted by Gasteiger charge is 2.67. The number of piperazine rings is 1. The number of carbonyl (C=O) groups excluding carboxylic acids is 2. The number of hydrogen-bond acceptors (Lipinski definition) is 4. The second-order valence-electron chi connectivity index (χ2n) is 7.92. The number of halogens is 3. The molecule has 2 aromatic rings. The highest BCUT2D eigenvalue weighted by Crippen LogP contribution is 2.56. The SMILES string of the molecule is C[C@H](COC(=O)N1CCNC(=O)C1)C1(c2cc(F)ccc2F)C(O)=S1(=O)c1ccc(Cl)cc1. The minimum absolute atomic E-state index is 0.171. The number of carbonyl (C=O) groups is 2. The van der Waals surface area contributed by atoms with Crippen LogP contribution in [0.25, 0.3) is 0 Å². The Bertz CT molecular complexity index is 1250. The van der Waals surface area contributed by atoms with Gasteiger partial charge in [0.05, 0.1) is 6.61 Å². The monoisotopic (exact) mass is 498 g/mol. The van der Waals surface area contributed by atoms with Gasteiger partial charge >= 0.3 is 6.09 Å². The van der Waals surface area contributed by atoms with Crippen molar-refractivity contribution in [2.75, 3.05) is 26.2 Å². The van der Waals surface area contributed by atoms with Crippen LogP contribution in [0, 0.1) is 17.6 Å². The van der Waals surface area contributed by atoms with Crippen molar-refractivity contribution in [3.63, 3.8) is 0 Å². The van der Waals surface area contributed by atoms with Crippen LogP contribution in [0.1, 0.15) is 12.5 Å². The third-order valence-corrected chi connectivity index (χ3v) is 9.50. The van der Waals surface area contributed by atoms with Gasteiger partial charge in [-0.3, -0.25) is 13.9 Å². The number of benzene rings is 2. The Morgan fingerprint density at radius 2 is 2.00 bits per heavy atom. The van der Waals surface area contributed by atoms with E-state index in [1.54, 1.807) is 0 Å². The lowest BCUT2D eigenvalue weighted by molar-refractivity contribution is -0.123. The molecular formula is C22H21ClF2N2O5S. The minimum Gasteiger partial charge on any atom is -0.449 e. The fourth-order valence-corrected chi connectivity index (χ4v) is 7.73. The van der Waals surface area contributed by atoms with Gasteiger partial charge in [-0.15, -0.1) is 0 Å². The first-order valence-corrected chi connectivity index (χ1v) is 12.1. The van der Waals surface area contributed by atoms with Gasteiger partial charge in [0.1, 0.15) is 28.0 Å². The van der Waals surface area contributed by atoms with Crippen molar-refractivity contribution in [3.05, 3.63) is 64.7 Å². The Kier molecular flexibility index (Phi) is 6.10. The van der Waals surface area contributed by atoms with Crippen molar-refractivity contribution in [1.29, 1.82) is 0 Å². The molecule has 2 aliphatic rings. The summed E-state index contributed by atoms with van der Waals surface area (Å²) in [7, 11) is -3.44. The summed E-state index contributed by atoms with van der Waals surface area (Å²) in [4.78, 5) is 25.4. The number of nitrogens with one attached hydrogen (secondary N) is 1. The van der Waals surface area contributed by atoms with Gasteiger partial charge in [-0.05, 0) is 42.5 Å². The van der Waals surface area contributed by atoms with Gasteiger partial charge in [0.25, 0.3) is 0 Å². The van der Waals surface area contributed by atoms with Crippen LogP contribution >= 0.6 is 11.6 Å². The summed E-state index contributed by atoms with van der Waals surface area (Å²) < 4.78 is 46.6. The Balaban J connectivity index is 1.68. The van der Waals surface area contributed by atoms with E-state index < -0.39 is 43.0 Å². The molecule has 0 bridgehead atoms. The minimum atomic E-state index is -3.44. The van der Waals surface area contributed by atoms with E-state index in [4.69, 9.17) is 16.3 Å². The lowest BCUT2D eigenvalue weighted by Gasteiger charge is -2.29. The van der Waals surface area contributed by atoms with Crippen molar-refractivity contribution in [3.8, 4) is 0 Å². The zero-order valence-electron chi connectivity index (χ0n) is 17.5. The predicted octanol–water partition coefficient (Wildman–Crippen LogP) is 3.06. The van der Waals surface area contributed by atoms with Gasteiger partial charge in [0.15, 0.2) is 0 Å². The number of amides is 2. The second kappa shape index (κ2) is 8.58. The molecule has 3 atom stereocenters. The Morgan fingerprint density at radius 3 is 2.67 bits per heavy atom. The number of aliphatic hydroxyl groups excluding tert-OH is 1. The van der Waals surface area contributed by atoms with Crippen LogP contribution in [0.4, 0.5) is 13.6 Å². The molecule has 0 saturated carbocycles. The first-order chi connectivity index (χ1) is 15.6. The Morgan fingerprint density at radius 1 is 1.30 bits per heavy atom. The van der Waals surface area contributed by atoms with Crippen molar-refractivity contribution in [2.45, 2.75) is 16.6 Å². The van der Waals surface area contributed by atoms with E-state index in [1.165, 1.54) is 36.1 Å². The van der Waals surface area contributed by atoms with Crippen LogP contribution in [0.15, 0.2) is 47.4 Å². The van der Waals surface area contributed by atoms with Crippen LogP contribution in [0.3, 0.4) is 0 Å². The molecule has 0 spiro atoms. The van der Waals surface area contributed by atoms with Crippen molar-refractivity contribution < 1.29 is 32.4 Å². The second-order valence-corrected chi connectivity index (χ2v) is 11.0. The Labute approximate surface area is 194 Å². The van der Waals surface area contributed by atoms with E-state index in [9.17, 15) is 27.7 Å². The highest BCUT2D eigenvalue weighted by molar-refractivity contribution is 8.12. The molecule has 0 radical (unpaired) electrons. The average molecular weight is 499 g/mol. The lowest BCUT2D eigenvalue weighted by Crippen LogP contribution is -2.50. The van der Waals surface area contributed by atoms with E-state index >= 15 is 0 Å². The quantitative estimate of drug-likeness (QED) is 0.618. The summed E-state index contributed by atoms with van der Waals surface area (Å²) in [5.41, 5.74) is -0.291. The van der Waals surface area contributed by atoms with E-state index in [0.717, 1.165) is 18.2 Å². The van der Waals surface area contributed by atoms with Gasteiger partial charge in [0, 0.05) is 44.0 Å². The van der Waals surface area contributed by atoms with Gasteiger partial charge in [-0.1, -0.05) is 18.5 Å². The summed E-state index contributed by atoms with van der Waals surface area (Å²) in [6.07, 6.45) is -0.773. The number of ether oxygens (including phenoxy) is 1. The fourth-order valence-electron chi connectivity index (χ4n) is 4.24. The van der Waals surface area contributed by atoms with Gasteiger partial charge in [-0.2, -0.15) is 0 Å². The number of rotatable bonds is 5. The summed E-state index contributed by atoms with van der Waals surface area (Å²) >= 11 is 5.92. The van der Waals surface area contributed by atoms with E-state index in [0.29, 0.717) is 5.02 Å². The lowest BCUT2D eigenvalue weighted by atomic mass is 9.87. The van der Waals surface area contributed by atoms with E-state index in [2.05, 4.69) is 5.32 Å². The van der Waals surface area contributed by atoms with Crippen LogP contribution in [-0.4, -0.2) is 57.5 Å². The molecule has 1 saturated heterocycles. The summed E-state index contributed by atoms with van der Waals surface area (Å²) in [6.45, 7) is 1.53. The molecule has 2 aliphatic heterocycles. The van der Waals surface area contributed by atoms with Crippen LogP contribution in [-0.2, 0) is 23.8 Å². The van der Waals surface area contributed by atoms with Gasteiger partial charge in [-0.25, -0.2) is 13.6 Å². The van der Waals surface area contributed by atoms with Crippen molar-refractivity contribution >= 4 is 38.2 Å². The smallest absolute Gasteiger partial charge is 0.410 e. The van der Waals surface area contributed by atoms with Crippen molar-refractivity contribution in [1.82, 2.24) is 10.2 Å². The van der Waals surface area contributed by atoms with E-state index in [-0.39, 0.29) is 42.6 Å². The summed E-state index contributed by atoms with van der Waals surface area (Å²) in [6, 6.07) is 8.56. The molecule has 33 heavy (non-hydrogen) atoms. The summed E-state index contributed by atoms with van der Waals surface area (Å²) in [5.74, 6) is -2.86. The van der Waals surface area contributed by atoms with Crippen molar-refractivity contribution in [2.24, 2.45) is 5.92 Å². The molecule has 1 fully saturated rings. The maximum absolute atomic E-state index is 14.9. The predicted molar refractivity (Wildman–Crippen MR) is 119 cm³/mol. The molecule has 176 valence electrons. The topological polar surface area (TPSA) is 95.9 Å². The molecule has 0 aromatic heterocycles. The van der Waals surface area contributed by atoms with Gasteiger partial charge in [0.2, 0.25) is 5.91 Å². The molecule has 4 rings (SSSR count). The molecule has 2 N–H and O–H groups in total. The molecule has 2 unspecified atom stereocenters. The molecule has 2 amide bonds. The largest absolute Gasteiger partial charge is 0.449 e. The third-order valence-electron chi connectivity index (χ3n) is 5.92. The molecule has 2 heterocycles. The normalized spacial score (nSPS) is 25.4. The first kappa shape index (κ1) is 23.5. The van der Waals surface area contributed by atoms with Crippen LogP contribution in [0.5, 0.6) is 0 Å². The molecule has 7 nitrogen and oxygen atoms in total. The first-order valence-electron chi connectivity index (χ1n) is 10.1. The van der Waals surface area contributed by atoms with Crippen LogP contribution in [0.2, 0.25) is 5.02 Å². The third kappa shape index (κ3) is 3.75. The zero-order chi connectivity index (χ0) is 24.0. The van der Waals surface area contributed by atoms with E-state index in [1.807, 2.05) is 0 Å². The fraction of sp³-hybridized carbons (Fsp3) is 0.318. The van der Waals surface area contributed by atoms with Crippen LogP contribution < -0.4 is 5.32 Å². The standard InChI is InChI=1S/C22H21ClF2N2O5S/c1-13(12-32-21(30)27-9-8-26-19(28)11-27)22(17-10-15(24)4-7-18(17)25)20(29)33(22,31)16-5-2-14(23)3-6-16/h2-7,10,13,29H,8-9,11-12H2,1H3,(H,26,28)/t13-,22?,33?/m1/s1. The molecular weight excluding hydrogens is 478 g/mol. The average Bonchev–Trinajstić information content (AvgIpc) is 3.30.